The second kappa shape index (κ2) is 11.4. The highest BCUT2D eigenvalue weighted by molar-refractivity contribution is 14.0. The molecule has 1 heterocycles. The molecule has 1 saturated carbocycles. The van der Waals surface area contributed by atoms with E-state index in [0.717, 1.165) is 37.4 Å². The quantitative estimate of drug-likeness (QED) is 0.204. The molecule has 0 bridgehead atoms. The van der Waals surface area contributed by atoms with E-state index < -0.39 is 0 Å². The van der Waals surface area contributed by atoms with E-state index in [0.29, 0.717) is 19.5 Å². The minimum Gasteiger partial charge on any atom is -0.488 e. The zero-order chi connectivity index (χ0) is 18.2. The molecule has 1 aromatic rings. The van der Waals surface area contributed by atoms with Gasteiger partial charge in [-0.3, -0.25) is 9.79 Å². The van der Waals surface area contributed by atoms with Crippen LogP contribution in [0.2, 0.25) is 0 Å². The van der Waals surface area contributed by atoms with E-state index in [1.807, 2.05) is 18.2 Å². The summed E-state index contributed by atoms with van der Waals surface area (Å²) in [5, 5.41) is 6.53. The van der Waals surface area contributed by atoms with Crippen molar-refractivity contribution in [2.45, 2.75) is 57.2 Å². The van der Waals surface area contributed by atoms with Gasteiger partial charge in [0.05, 0.1) is 6.54 Å². The van der Waals surface area contributed by atoms with Gasteiger partial charge in [0, 0.05) is 26.4 Å². The molecule has 3 rings (SSSR count). The SMILES string of the molecule is CN=C(NCCCC(=O)OC1CCCC1)NCC1Cc2ccccc2O1.I. The van der Waals surface area contributed by atoms with Crippen LogP contribution in [0.1, 0.15) is 44.1 Å². The summed E-state index contributed by atoms with van der Waals surface area (Å²) in [6.07, 6.45) is 6.76. The molecule has 1 unspecified atom stereocenters. The smallest absolute Gasteiger partial charge is 0.306 e. The third-order valence-electron chi connectivity index (χ3n) is 4.89. The van der Waals surface area contributed by atoms with Crippen molar-refractivity contribution in [2.75, 3.05) is 20.1 Å². The van der Waals surface area contributed by atoms with Gasteiger partial charge >= 0.3 is 5.97 Å². The molecule has 1 aliphatic carbocycles. The predicted octanol–water partition coefficient (Wildman–Crippen LogP) is 3.04. The number of ether oxygens (including phenoxy) is 2. The van der Waals surface area contributed by atoms with Crippen LogP contribution in [0, 0.1) is 0 Å². The first kappa shape index (κ1) is 21.8. The molecule has 2 aliphatic rings. The van der Waals surface area contributed by atoms with Gasteiger partial charge in [0.1, 0.15) is 18.0 Å². The van der Waals surface area contributed by atoms with E-state index in [4.69, 9.17) is 9.47 Å². The first-order chi connectivity index (χ1) is 12.7. The van der Waals surface area contributed by atoms with Crippen LogP contribution in [0.15, 0.2) is 29.3 Å². The zero-order valence-electron chi connectivity index (χ0n) is 15.9. The number of aliphatic imine (C=N–C) groups is 1. The summed E-state index contributed by atoms with van der Waals surface area (Å²) in [5.41, 5.74) is 1.25. The minimum absolute atomic E-state index is 0. The maximum atomic E-state index is 11.8. The van der Waals surface area contributed by atoms with E-state index in [1.54, 1.807) is 7.05 Å². The molecule has 1 aromatic carbocycles. The molecular formula is C20H30IN3O3. The number of hydrogen-bond acceptors (Lipinski definition) is 4. The Morgan fingerprint density at radius 1 is 1.26 bits per heavy atom. The van der Waals surface area contributed by atoms with Crippen molar-refractivity contribution in [3.8, 4) is 5.75 Å². The van der Waals surface area contributed by atoms with Gasteiger partial charge in [-0.1, -0.05) is 18.2 Å². The fraction of sp³-hybridized carbons (Fsp3) is 0.600. The number of nitrogens with one attached hydrogen (secondary N) is 2. The number of guanidine groups is 1. The fourth-order valence-corrected chi connectivity index (χ4v) is 3.49. The van der Waals surface area contributed by atoms with Crippen LogP contribution >= 0.6 is 24.0 Å². The Hall–Kier alpha value is -1.51. The number of halogens is 1. The highest BCUT2D eigenvalue weighted by Crippen LogP contribution is 2.27. The van der Waals surface area contributed by atoms with Crippen LogP contribution in [-0.2, 0) is 16.0 Å². The molecule has 0 radical (unpaired) electrons. The lowest BCUT2D eigenvalue weighted by Crippen LogP contribution is -2.42. The normalized spacial score (nSPS) is 19.0. The van der Waals surface area contributed by atoms with E-state index in [1.165, 1.54) is 18.4 Å². The number of carbonyl (C=O) groups excluding carboxylic acids is 1. The van der Waals surface area contributed by atoms with Crippen molar-refractivity contribution in [3.05, 3.63) is 29.8 Å². The highest BCUT2D eigenvalue weighted by atomic mass is 127. The predicted molar refractivity (Wildman–Crippen MR) is 117 cm³/mol. The number of nitrogens with zero attached hydrogens (tertiary/aromatic N) is 1. The Balaban J connectivity index is 0.00000261. The van der Waals surface area contributed by atoms with E-state index in [9.17, 15) is 4.79 Å². The van der Waals surface area contributed by atoms with Gasteiger partial charge < -0.3 is 20.1 Å². The summed E-state index contributed by atoms with van der Waals surface area (Å²) in [6.45, 7) is 1.38. The molecule has 0 aromatic heterocycles. The van der Waals surface area contributed by atoms with Gasteiger partial charge in [0.15, 0.2) is 5.96 Å². The molecular weight excluding hydrogens is 457 g/mol. The highest BCUT2D eigenvalue weighted by Gasteiger charge is 2.22. The average molecular weight is 487 g/mol. The van der Waals surface area contributed by atoms with Crippen LogP contribution in [0.3, 0.4) is 0 Å². The Kier molecular flexibility index (Phi) is 9.17. The molecule has 1 aliphatic heterocycles. The zero-order valence-corrected chi connectivity index (χ0v) is 18.2. The number of esters is 1. The number of benzene rings is 1. The average Bonchev–Trinajstić information content (AvgIpc) is 3.30. The summed E-state index contributed by atoms with van der Waals surface area (Å²) in [5.74, 6) is 1.62. The summed E-state index contributed by atoms with van der Waals surface area (Å²) < 4.78 is 11.4. The second-order valence-electron chi connectivity index (χ2n) is 6.93. The van der Waals surface area contributed by atoms with Crippen molar-refractivity contribution in [1.82, 2.24) is 10.6 Å². The Labute approximate surface area is 178 Å². The topological polar surface area (TPSA) is 72.0 Å². The lowest BCUT2D eigenvalue weighted by Gasteiger charge is -2.16. The molecule has 1 fully saturated rings. The lowest BCUT2D eigenvalue weighted by atomic mass is 10.1. The van der Waals surface area contributed by atoms with Crippen molar-refractivity contribution >= 4 is 35.9 Å². The first-order valence-corrected chi connectivity index (χ1v) is 9.63. The van der Waals surface area contributed by atoms with Crippen molar-refractivity contribution in [1.29, 1.82) is 0 Å². The second-order valence-corrected chi connectivity index (χ2v) is 6.93. The van der Waals surface area contributed by atoms with Gasteiger partial charge in [-0.25, -0.2) is 0 Å². The Bertz CT molecular complexity index is 608. The fourth-order valence-electron chi connectivity index (χ4n) is 3.49. The Morgan fingerprint density at radius 3 is 2.78 bits per heavy atom. The van der Waals surface area contributed by atoms with Crippen molar-refractivity contribution in [2.24, 2.45) is 4.99 Å². The number of carbonyl (C=O) groups is 1. The van der Waals surface area contributed by atoms with Gasteiger partial charge in [0.25, 0.3) is 0 Å². The number of rotatable bonds is 7. The monoisotopic (exact) mass is 487 g/mol. The molecule has 27 heavy (non-hydrogen) atoms. The summed E-state index contributed by atoms with van der Waals surface area (Å²) in [7, 11) is 1.74. The summed E-state index contributed by atoms with van der Waals surface area (Å²) in [6, 6.07) is 8.14. The lowest BCUT2D eigenvalue weighted by molar-refractivity contribution is -0.148. The van der Waals surface area contributed by atoms with Crippen molar-refractivity contribution < 1.29 is 14.3 Å². The summed E-state index contributed by atoms with van der Waals surface area (Å²) >= 11 is 0. The van der Waals surface area contributed by atoms with Gasteiger partial charge in [-0.15, -0.1) is 24.0 Å². The van der Waals surface area contributed by atoms with E-state index in [-0.39, 0.29) is 42.2 Å². The van der Waals surface area contributed by atoms with Crippen LogP contribution in [0.4, 0.5) is 0 Å². The largest absolute Gasteiger partial charge is 0.488 e. The third kappa shape index (κ3) is 6.86. The van der Waals surface area contributed by atoms with Gasteiger partial charge in [0.2, 0.25) is 0 Å². The minimum atomic E-state index is -0.0845. The number of para-hydroxylation sites is 1. The molecule has 0 spiro atoms. The van der Waals surface area contributed by atoms with Crippen LogP contribution < -0.4 is 15.4 Å². The van der Waals surface area contributed by atoms with E-state index in [2.05, 4.69) is 21.7 Å². The standard InChI is InChI=1S/C20H29N3O3.HI/c1-21-20(22-12-6-11-19(24)26-16-8-3-4-9-16)23-14-17-13-15-7-2-5-10-18(15)25-17;/h2,5,7,10,16-17H,3-4,6,8-9,11-14H2,1H3,(H2,21,22,23);1H. The molecule has 1 atom stereocenters. The molecule has 6 nitrogen and oxygen atoms in total. The van der Waals surface area contributed by atoms with Crippen LogP contribution in [0.5, 0.6) is 5.75 Å². The Morgan fingerprint density at radius 2 is 2.04 bits per heavy atom. The number of hydrogen-bond donors (Lipinski definition) is 2. The molecule has 7 heteroatoms. The van der Waals surface area contributed by atoms with Gasteiger partial charge in [-0.2, -0.15) is 0 Å². The maximum Gasteiger partial charge on any atom is 0.306 e. The molecule has 2 N–H and O–H groups in total. The van der Waals surface area contributed by atoms with Crippen LogP contribution in [0.25, 0.3) is 0 Å². The third-order valence-corrected chi connectivity index (χ3v) is 4.89. The maximum absolute atomic E-state index is 11.8. The molecule has 0 amide bonds. The molecule has 150 valence electrons. The summed E-state index contributed by atoms with van der Waals surface area (Å²) in [4.78, 5) is 16.0. The number of fused-ring (bicyclic) bond motifs is 1. The van der Waals surface area contributed by atoms with Gasteiger partial charge in [-0.05, 0) is 43.7 Å². The molecule has 0 saturated heterocycles. The van der Waals surface area contributed by atoms with E-state index >= 15 is 0 Å². The first-order valence-electron chi connectivity index (χ1n) is 9.63. The van der Waals surface area contributed by atoms with Crippen molar-refractivity contribution in [3.63, 3.8) is 0 Å². The van der Waals surface area contributed by atoms with Crippen LogP contribution in [-0.4, -0.2) is 44.3 Å².